The molecule has 1 aromatic carbocycles. The van der Waals surface area contributed by atoms with Crippen molar-refractivity contribution >= 4 is 0 Å². The second kappa shape index (κ2) is 7.65. The summed E-state index contributed by atoms with van der Waals surface area (Å²) in [5.41, 5.74) is 1.34. The highest BCUT2D eigenvalue weighted by atomic mass is 16.5. The summed E-state index contributed by atoms with van der Waals surface area (Å²) in [6.07, 6.45) is 5.30. The van der Waals surface area contributed by atoms with Gasteiger partial charge in [0.15, 0.2) is 0 Å². The lowest BCUT2D eigenvalue weighted by Crippen LogP contribution is -2.40. The summed E-state index contributed by atoms with van der Waals surface area (Å²) in [5.74, 6) is 0.927. The number of hydrogen-bond acceptors (Lipinski definition) is 3. The van der Waals surface area contributed by atoms with Crippen LogP contribution < -0.4 is 10.1 Å². The molecule has 1 fully saturated rings. The number of piperidine rings is 1. The van der Waals surface area contributed by atoms with E-state index >= 15 is 0 Å². The molecule has 1 saturated heterocycles. The Kier molecular flexibility index (Phi) is 5.86. The molecule has 3 heteroatoms. The van der Waals surface area contributed by atoms with Crippen molar-refractivity contribution in [2.75, 3.05) is 20.7 Å². The fourth-order valence-electron chi connectivity index (χ4n) is 2.89. The van der Waals surface area contributed by atoms with Crippen LogP contribution >= 0.6 is 0 Å². The lowest BCUT2D eigenvalue weighted by molar-refractivity contribution is 0.209. The molecule has 2 atom stereocenters. The molecular weight excluding hydrogens is 248 g/mol. The van der Waals surface area contributed by atoms with Crippen molar-refractivity contribution in [1.82, 2.24) is 10.2 Å². The molecule has 112 valence electrons. The van der Waals surface area contributed by atoms with Crippen molar-refractivity contribution in [2.24, 2.45) is 0 Å². The minimum Gasteiger partial charge on any atom is -0.497 e. The zero-order valence-corrected chi connectivity index (χ0v) is 13.1. The van der Waals surface area contributed by atoms with Gasteiger partial charge >= 0.3 is 0 Å². The molecule has 0 aromatic heterocycles. The smallest absolute Gasteiger partial charge is 0.118 e. The van der Waals surface area contributed by atoms with Crippen LogP contribution in [0.25, 0.3) is 0 Å². The molecule has 1 aliphatic rings. The summed E-state index contributed by atoms with van der Waals surface area (Å²) >= 11 is 0. The number of rotatable bonds is 6. The molecule has 1 N–H and O–H groups in total. The minimum absolute atomic E-state index is 0.604. The third-order valence-corrected chi connectivity index (χ3v) is 4.38. The number of hydrogen-bond donors (Lipinski definition) is 1. The van der Waals surface area contributed by atoms with E-state index in [1.165, 1.54) is 37.8 Å². The number of ether oxygens (including phenoxy) is 1. The van der Waals surface area contributed by atoms with Gasteiger partial charge in [-0.2, -0.15) is 0 Å². The minimum atomic E-state index is 0.604. The quantitative estimate of drug-likeness (QED) is 0.864. The second-order valence-corrected chi connectivity index (χ2v) is 5.99. The average molecular weight is 276 g/mol. The number of nitrogens with zero attached hydrogens (tertiary/aromatic N) is 1. The summed E-state index contributed by atoms with van der Waals surface area (Å²) in [5, 5.41) is 3.64. The maximum Gasteiger partial charge on any atom is 0.118 e. The summed E-state index contributed by atoms with van der Waals surface area (Å²) in [4.78, 5) is 2.44. The van der Waals surface area contributed by atoms with E-state index < -0.39 is 0 Å². The summed E-state index contributed by atoms with van der Waals surface area (Å²) in [6, 6.07) is 9.69. The SMILES string of the molecule is COc1ccc(CN(C)C(C)CC2CCCCN2)cc1. The van der Waals surface area contributed by atoms with Crippen LogP contribution in [0.5, 0.6) is 5.75 Å². The van der Waals surface area contributed by atoms with Gasteiger partial charge < -0.3 is 10.1 Å². The predicted molar refractivity (Wildman–Crippen MR) is 84.2 cm³/mol. The van der Waals surface area contributed by atoms with Crippen LogP contribution in [-0.4, -0.2) is 37.7 Å². The molecule has 0 bridgehead atoms. The van der Waals surface area contributed by atoms with E-state index in [0.717, 1.165) is 12.3 Å². The van der Waals surface area contributed by atoms with Crippen molar-refractivity contribution in [3.05, 3.63) is 29.8 Å². The number of benzene rings is 1. The van der Waals surface area contributed by atoms with Gasteiger partial charge in [-0.15, -0.1) is 0 Å². The third-order valence-electron chi connectivity index (χ3n) is 4.38. The average Bonchev–Trinajstić information content (AvgIpc) is 2.49. The molecule has 0 radical (unpaired) electrons. The molecule has 2 unspecified atom stereocenters. The highest BCUT2D eigenvalue weighted by molar-refractivity contribution is 5.27. The monoisotopic (exact) mass is 276 g/mol. The molecule has 0 saturated carbocycles. The van der Waals surface area contributed by atoms with E-state index in [1.807, 2.05) is 12.1 Å². The largest absolute Gasteiger partial charge is 0.497 e. The standard InChI is InChI=1S/C17H28N2O/c1-14(12-16-6-4-5-11-18-16)19(2)13-15-7-9-17(20-3)10-8-15/h7-10,14,16,18H,4-6,11-13H2,1-3H3. The number of methoxy groups -OCH3 is 1. The van der Waals surface area contributed by atoms with E-state index in [4.69, 9.17) is 4.74 Å². The van der Waals surface area contributed by atoms with Gasteiger partial charge in [0.25, 0.3) is 0 Å². The Morgan fingerprint density at radius 1 is 1.30 bits per heavy atom. The Bertz CT molecular complexity index is 384. The molecular formula is C17H28N2O. The summed E-state index contributed by atoms with van der Waals surface area (Å²) in [6.45, 7) is 4.53. The lowest BCUT2D eigenvalue weighted by Gasteiger charge is -2.31. The van der Waals surface area contributed by atoms with Crippen LogP contribution in [0.15, 0.2) is 24.3 Å². The van der Waals surface area contributed by atoms with Crippen LogP contribution in [0.4, 0.5) is 0 Å². The lowest BCUT2D eigenvalue weighted by atomic mass is 9.98. The van der Waals surface area contributed by atoms with Crippen LogP contribution in [0.1, 0.15) is 38.2 Å². The van der Waals surface area contributed by atoms with Crippen LogP contribution in [0.3, 0.4) is 0 Å². The Morgan fingerprint density at radius 3 is 2.65 bits per heavy atom. The first kappa shape index (κ1) is 15.3. The van der Waals surface area contributed by atoms with Gasteiger partial charge in [-0.3, -0.25) is 4.90 Å². The van der Waals surface area contributed by atoms with Gasteiger partial charge in [0.1, 0.15) is 5.75 Å². The third kappa shape index (κ3) is 4.50. The fourth-order valence-corrected chi connectivity index (χ4v) is 2.89. The predicted octanol–water partition coefficient (Wildman–Crippen LogP) is 3.05. The van der Waals surface area contributed by atoms with Gasteiger partial charge in [0.05, 0.1) is 7.11 Å². The molecule has 0 amide bonds. The van der Waals surface area contributed by atoms with Crippen LogP contribution in [0, 0.1) is 0 Å². The fraction of sp³-hybridized carbons (Fsp3) is 0.647. The molecule has 0 aliphatic carbocycles. The van der Waals surface area contributed by atoms with Crippen molar-refractivity contribution in [3.8, 4) is 5.75 Å². The normalized spacial score (nSPS) is 20.9. The van der Waals surface area contributed by atoms with Crippen molar-refractivity contribution < 1.29 is 4.74 Å². The molecule has 1 aromatic rings. The zero-order valence-electron chi connectivity index (χ0n) is 13.1. The molecule has 20 heavy (non-hydrogen) atoms. The highest BCUT2D eigenvalue weighted by Crippen LogP contribution is 2.17. The maximum absolute atomic E-state index is 5.20. The first-order valence-electron chi connectivity index (χ1n) is 7.75. The second-order valence-electron chi connectivity index (χ2n) is 5.99. The topological polar surface area (TPSA) is 24.5 Å². The number of nitrogens with one attached hydrogen (secondary N) is 1. The molecule has 1 heterocycles. The van der Waals surface area contributed by atoms with E-state index in [0.29, 0.717) is 12.1 Å². The van der Waals surface area contributed by atoms with E-state index in [9.17, 15) is 0 Å². The van der Waals surface area contributed by atoms with Gasteiger partial charge in [-0.05, 0) is 57.5 Å². The molecule has 3 nitrogen and oxygen atoms in total. The highest BCUT2D eigenvalue weighted by Gasteiger charge is 2.18. The van der Waals surface area contributed by atoms with Crippen LogP contribution in [0.2, 0.25) is 0 Å². The van der Waals surface area contributed by atoms with Gasteiger partial charge in [-0.1, -0.05) is 18.6 Å². The van der Waals surface area contributed by atoms with Crippen LogP contribution in [-0.2, 0) is 6.54 Å². The Morgan fingerprint density at radius 2 is 2.05 bits per heavy atom. The maximum atomic E-state index is 5.20. The van der Waals surface area contributed by atoms with E-state index in [2.05, 4.69) is 36.3 Å². The first-order chi connectivity index (χ1) is 9.69. The Hall–Kier alpha value is -1.06. The Balaban J connectivity index is 1.81. The molecule has 0 spiro atoms. The van der Waals surface area contributed by atoms with Gasteiger partial charge in [-0.25, -0.2) is 0 Å². The van der Waals surface area contributed by atoms with E-state index in [1.54, 1.807) is 7.11 Å². The summed E-state index contributed by atoms with van der Waals surface area (Å²) in [7, 11) is 3.93. The van der Waals surface area contributed by atoms with Crippen molar-refractivity contribution in [3.63, 3.8) is 0 Å². The van der Waals surface area contributed by atoms with E-state index in [-0.39, 0.29) is 0 Å². The summed E-state index contributed by atoms with van der Waals surface area (Å²) < 4.78 is 5.20. The Labute approximate surface area is 123 Å². The zero-order chi connectivity index (χ0) is 14.4. The molecule has 2 rings (SSSR count). The van der Waals surface area contributed by atoms with Gasteiger partial charge in [0.2, 0.25) is 0 Å². The molecule has 1 aliphatic heterocycles. The van der Waals surface area contributed by atoms with Crippen molar-refractivity contribution in [1.29, 1.82) is 0 Å². The van der Waals surface area contributed by atoms with Crippen molar-refractivity contribution in [2.45, 2.75) is 51.2 Å². The first-order valence-corrected chi connectivity index (χ1v) is 7.75. The van der Waals surface area contributed by atoms with Gasteiger partial charge in [0, 0.05) is 18.6 Å².